The molecule has 1 unspecified atom stereocenters. The van der Waals surface area contributed by atoms with Crippen molar-refractivity contribution in [1.82, 2.24) is 0 Å². The summed E-state index contributed by atoms with van der Waals surface area (Å²) in [5, 5.41) is 0. The summed E-state index contributed by atoms with van der Waals surface area (Å²) in [4.78, 5) is 11.4. The molecule has 0 aromatic carbocycles. The van der Waals surface area contributed by atoms with Gasteiger partial charge in [0.2, 0.25) is 0 Å². The molecular formula is C12H18O4. The molecule has 1 rings (SSSR count). The van der Waals surface area contributed by atoms with Crippen molar-refractivity contribution in [2.24, 2.45) is 0 Å². The van der Waals surface area contributed by atoms with Crippen LogP contribution in [0, 0.1) is 0 Å². The number of carbonyl (C=O) groups excluding carboxylic acids is 1. The molecule has 0 N–H and O–H groups in total. The van der Waals surface area contributed by atoms with Crippen molar-refractivity contribution in [3.63, 3.8) is 0 Å². The van der Waals surface area contributed by atoms with E-state index < -0.39 is 6.10 Å². The number of methoxy groups -OCH3 is 1. The van der Waals surface area contributed by atoms with Gasteiger partial charge in [-0.15, -0.1) is 0 Å². The Morgan fingerprint density at radius 2 is 2.38 bits per heavy atom. The Balaban J connectivity index is 2.40. The van der Waals surface area contributed by atoms with E-state index in [9.17, 15) is 4.79 Å². The minimum absolute atomic E-state index is 0.302. The number of rotatable bonds is 7. The van der Waals surface area contributed by atoms with Crippen LogP contribution in [0.3, 0.4) is 0 Å². The number of esters is 1. The summed E-state index contributed by atoms with van der Waals surface area (Å²) in [6.45, 7) is 2.37. The third kappa shape index (κ3) is 4.06. The molecule has 0 saturated heterocycles. The predicted octanol–water partition coefficient (Wildman–Crippen LogP) is 2.53. The van der Waals surface area contributed by atoms with E-state index in [0.29, 0.717) is 18.8 Å². The standard InChI is InChI=1S/C12H18O4/c1-3-4-7-11(12(13)14-2)16-9-10-6-5-8-15-10/h5-6,8,11H,3-4,7,9H2,1-2H3. The number of unbranched alkanes of at least 4 members (excludes halogenated alkanes) is 1. The molecule has 1 aromatic rings. The van der Waals surface area contributed by atoms with Crippen LogP contribution in [0.1, 0.15) is 31.9 Å². The van der Waals surface area contributed by atoms with Crippen molar-refractivity contribution >= 4 is 5.97 Å². The van der Waals surface area contributed by atoms with Crippen molar-refractivity contribution in [1.29, 1.82) is 0 Å². The van der Waals surface area contributed by atoms with Crippen molar-refractivity contribution in [3.8, 4) is 0 Å². The van der Waals surface area contributed by atoms with Gasteiger partial charge < -0.3 is 13.9 Å². The van der Waals surface area contributed by atoms with Crippen LogP contribution in [0.25, 0.3) is 0 Å². The van der Waals surface area contributed by atoms with Gasteiger partial charge in [-0.3, -0.25) is 0 Å². The number of furan rings is 1. The molecule has 1 heterocycles. The van der Waals surface area contributed by atoms with Gasteiger partial charge in [0.05, 0.1) is 13.4 Å². The van der Waals surface area contributed by atoms with Crippen LogP contribution in [0.4, 0.5) is 0 Å². The highest BCUT2D eigenvalue weighted by Gasteiger charge is 2.19. The minimum Gasteiger partial charge on any atom is -0.467 e. The Bertz CT molecular complexity index is 292. The lowest BCUT2D eigenvalue weighted by molar-refractivity contribution is -0.155. The van der Waals surface area contributed by atoms with Crippen LogP contribution in [0.2, 0.25) is 0 Å². The first-order chi connectivity index (χ1) is 7.77. The third-order valence-electron chi connectivity index (χ3n) is 2.29. The molecule has 1 aromatic heterocycles. The molecule has 16 heavy (non-hydrogen) atoms. The molecule has 0 bridgehead atoms. The predicted molar refractivity (Wildman–Crippen MR) is 58.8 cm³/mol. The number of carbonyl (C=O) groups is 1. The SMILES string of the molecule is CCCCC(OCc1ccco1)C(=O)OC. The fraction of sp³-hybridized carbons (Fsp3) is 0.583. The third-order valence-corrected chi connectivity index (χ3v) is 2.29. The number of hydrogen-bond donors (Lipinski definition) is 0. The Morgan fingerprint density at radius 1 is 1.56 bits per heavy atom. The maximum atomic E-state index is 11.4. The molecule has 0 spiro atoms. The summed E-state index contributed by atoms with van der Waals surface area (Å²) in [6, 6.07) is 3.60. The topological polar surface area (TPSA) is 48.7 Å². The highest BCUT2D eigenvalue weighted by atomic mass is 16.6. The maximum Gasteiger partial charge on any atom is 0.334 e. The van der Waals surface area contributed by atoms with Gasteiger partial charge >= 0.3 is 5.97 Å². The highest BCUT2D eigenvalue weighted by Crippen LogP contribution is 2.10. The van der Waals surface area contributed by atoms with Gasteiger partial charge in [0.1, 0.15) is 12.4 Å². The molecule has 4 nitrogen and oxygen atoms in total. The van der Waals surface area contributed by atoms with E-state index in [0.717, 1.165) is 12.8 Å². The fourth-order valence-electron chi connectivity index (χ4n) is 1.37. The molecule has 4 heteroatoms. The van der Waals surface area contributed by atoms with Gasteiger partial charge in [-0.2, -0.15) is 0 Å². The summed E-state index contributed by atoms with van der Waals surface area (Å²) < 4.78 is 15.3. The van der Waals surface area contributed by atoms with Crippen LogP contribution in [-0.2, 0) is 20.9 Å². The average Bonchev–Trinajstić information content (AvgIpc) is 2.81. The second-order valence-electron chi connectivity index (χ2n) is 3.54. The van der Waals surface area contributed by atoms with E-state index in [1.54, 1.807) is 12.3 Å². The van der Waals surface area contributed by atoms with Crippen LogP contribution >= 0.6 is 0 Å². The van der Waals surface area contributed by atoms with E-state index in [1.807, 2.05) is 6.07 Å². The van der Waals surface area contributed by atoms with Crippen LogP contribution in [0.15, 0.2) is 22.8 Å². The Kier molecular flexibility index (Phi) is 5.64. The monoisotopic (exact) mass is 226 g/mol. The van der Waals surface area contributed by atoms with Crippen LogP contribution < -0.4 is 0 Å². The zero-order chi connectivity index (χ0) is 11.8. The average molecular weight is 226 g/mol. The Hall–Kier alpha value is -1.29. The molecule has 0 amide bonds. The first-order valence-corrected chi connectivity index (χ1v) is 5.49. The molecule has 90 valence electrons. The van der Waals surface area contributed by atoms with E-state index in [-0.39, 0.29) is 5.97 Å². The van der Waals surface area contributed by atoms with E-state index in [1.165, 1.54) is 7.11 Å². The lowest BCUT2D eigenvalue weighted by Crippen LogP contribution is -2.25. The zero-order valence-electron chi connectivity index (χ0n) is 9.77. The first kappa shape index (κ1) is 12.8. The second kappa shape index (κ2) is 7.06. The maximum absolute atomic E-state index is 11.4. The molecular weight excluding hydrogens is 208 g/mol. The Morgan fingerprint density at radius 3 is 2.94 bits per heavy atom. The van der Waals surface area contributed by atoms with Gasteiger partial charge in [0.25, 0.3) is 0 Å². The molecule has 0 aliphatic heterocycles. The van der Waals surface area contributed by atoms with Gasteiger partial charge in [-0.25, -0.2) is 4.79 Å². The van der Waals surface area contributed by atoms with E-state index >= 15 is 0 Å². The van der Waals surface area contributed by atoms with Crippen molar-refractivity contribution < 1.29 is 18.7 Å². The summed E-state index contributed by atoms with van der Waals surface area (Å²) in [6.07, 6.45) is 3.74. The summed E-state index contributed by atoms with van der Waals surface area (Å²) >= 11 is 0. The van der Waals surface area contributed by atoms with Gasteiger partial charge in [-0.1, -0.05) is 19.8 Å². The lowest BCUT2D eigenvalue weighted by atomic mass is 10.1. The number of ether oxygens (including phenoxy) is 2. The number of hydrogen-bond acceptors (Lipinski definition) is 4. The summed E-state index contributed by atoms with van der Waals surface area (Å²) in [7, 11) is 1.37. The van der Waals surface area contributed by atoms with Gasteiger partial charge in [0.15, 0.2) is 6.10 Å². The smallest absolute Gasteiger partial charge is 0.334 e. The quantitative estimate of drug-likeness (QED) is 0.670. The molecule has 0 aliphatic rings. The van der Waals surface area contributed by atoms with Crippen LogP contribution in [0.5, 0.6) is 0 Å². The van der Waals surface area contributed by atoms with Crippen LogP contribution in [-0.4, -0.2) is 19.2 Å². The summed E-state index contributed by atoms with van der Waals surface area (Å²) in [5.41, 5.74) is 0. The van der Waals surface area contributed by atoms with E-state index in [2.05, 4.69) is 11.7 Å². The van der Waals surface area contributed by atoms with Crippen molar-refractivity contribution in [2.45, 2.75) is 38.9 Å². The van der Waals surface area contributed by atoms with Crippen molar-refractivity contribution in [3.05, 3.63) is 24.2 Å². The molecule has 0 aliphatic carbocycles. The lowest BCUT2D eigenvalue weighted by Gasteiger charge is -2.14. The normalized spacial score (nSPS) is 12.4. The molecule has 1 atom stereocenters. The zero-order valence-corrected chi connectivity index (χ0v) is 9.77. The summed E-state index contributed by atoms with van der Waals surface area (Å²) in [5.74, 6) is 0.394. The highest BCUT2D eigenvalue weighted by molar-refractivity contribution is 5.74. The van der Waals surface area contributed by atoms with E-state index in [4.69, 9.17) is 9.15 Å². The van der Waals surface area contributed by atoms with Gasteiger partial charge in [-0.05, 0) is 18.6 Å². The molecule has 0 radical (unpaired) electrons. The molecule has 0 saturated carbocycles. The fourth-order valence-corrected chi connectivity index (χ4v) is 1.37. The van der Waals surface area contributed by atoms with Crippen molar-refractivity contribution in [2.75, 3.05) is 7.11 Å². The first-order valence-electron chi connectivity index (χ1n) is 5.49. The largest absolute Gasteiger partial charge is 0.467 e. The van der Waals surface area contributed by atoms with Gasteiger partial charge in [0, 0.05) is 0 Å². The molecule has 0 fully saturated rings. The Labute approximate surface area is 95.5 Å². The minimum atomic E-state index is -0.491. The second-order valence-corrected chi connectivity index (χ2v) is 3.54.